The molecule has 0 fully saturated rings. The summed E-state index contributed by atoms with van der Waals surface area (Å²) >= 11 is 1.65. The number of nitrogens with one attached hydrogen (secondary N) is 1. The average molecular weight is 166 g/mol. The molecule has 0 aromatic carbocycles. The van der Waals surface area contributed by atoms with Gasteiger partial charge in [0, 0.05) is 17.6 Å². The molecule has 0 aliphatic carbocycles. The van der Waals surface area contributed by atoms with E-state index in [9.17, 15) is 0 Å². The zero-order valence-corrected chi connectivity index (χ0v) is 7.19. The van der Waals surface area contributed by atoms with Crippen molar-refractivity contribution in [2.24, 2.45) is 5.92 Å². The Labute approximate surface area is 70.5 Å². The molecular formula is C8H10N2S. The number of hydrogen-bond donors (Lipinski definition) is 1. The molecule has 0 amide bonds. The summed E-state index contributed by atoms with van der Waals surface area (Å²) in [6.45, 7) is 2.63. The Kier molecular flexibility index (Phi) is 2.94. The van der Waals surface area contributed by atoms with Gasteiger partial charge < -0.3 is 5.32 Å². The normalized spacial score (nSPS) is 12.0. The van der Waals surface area contributed by atoms with Crippen LogP contribution in [0.5, 0.6) is 0 Å². The first kappa shape index (κ1) is 8.09. The molecule has 0 saturated heterocycles. The number of rotatable bonds is 3. The van der Waals surface area contributed by atoms with Crippen LogP contribution in [0.25, 0.3) is 0 Å². The van der Waals surface area contributed by atoms with Gasteiger partial charge in [0.05, 0.1) is 12.0 Å². The molecule has 1 aromatic rings. The first-order valence-corrected chi connectivity index (χ1v) is 4.43. The number of nitrogens with zero attached hydrogens (tertiary/aromatic N) is 1. The van der Waals surface area contributed by atoms with E-state index < -0.39 is 0 Å². The second-order valence-electron chi connectivity index (χ2n) is 2.42. The summed E-state index contributed by atoms with van der Waals surface area (Å²) < 4.78 is 0. The zero-order valence-electron chi connectivity index (χ0n) is 6.37. The molecule has 1 atom stereocenters. The molecule has 0 saturated carbocycles. The van der Waals surface area contributed by atoms with Crippen LogP contribution in [0.2, 0.25) is 0 Å². The second kappa shape index (κ2) is 3.99. The SMILES string of the molecule is CC(C#N)CNc1ccsc1. The Morgan fingerprint density at radius 1 is 1.82 bits per heavy atom. The Morgan fingerprint density at radius 3 is 3.18 bits per heavy atom. The molecule has 1 rings (SSSR count). The lowest BCUT2D eigenvalue weighted by Crippen LogP contribution is -2.08. The molecule has 0 spiro atoms. The van der Waals surface area contributed by atoms with Crippen LogP contribution in [0, 0.1) is 17.2 Å². The Morgan fingerprint density at radius 2 is 2.64 bits per heavy atom. The first-order valence-electron chi connectivity index (χ1n) is 3.48. The molecule has 1 aromatic heterocycles. The summed E-state index contributed by atoms with van der Waals surface area (Å²) in [5, 5.41) is 15.7. The number of anilines is 1. The zero-order chi connectivity index (χ0) is 8.10. The quantitative estimate of drug-likeness (QED) is 0.748. The van der Waals surface area contributed by atoms with Crippen molar-refractivity contribution < 1.29 is 0 Å². The largest absolute Gasteiger partial charge is 0.383 e. The fourth-order valence-electron chi connectivity index (χ4n) is 0.682. The van der Waals surface area contributed by atoms with E-state index in [2.05, 4.69) is 11.4 Å². The minimum Gasteiger partial charge on any atom is -0.383 e. The maximum atomic E-state index is 8.48. The standard InChI is InChI=1S/C8H10N2S/c1-7(4-9)5-10-8-2-3-11-6-8/h2-3,6-7,10H,5H2,1H3. The molecule has 11 heavy (non-hydrogen) atoms. The smallest absolute Gasteiger partial charge is 0.0671 e. The van der Waals surface area contributed by atoms with E-state index in [4.69, 9.17) is 5.26 Å². The summed E-state index contributed by atoms with van der Waals surface area (Å²) in [6, 6.07) is 4.18. The highest BCUT2D eigenvalue weighted by Crippen LogP contribution is 2.11. The molecule has 0 bridgehead atoms. The lowest BCUT2D eigenvalue weighted by atomic mass is 10.2. The van der Waals surface area contributed by atoms with Crippen molar-refractivity contribution in [2.45, 2.75) is 6.92 Å². The highest BCUT2D eigenvalue weighted by Gasteiger charge is 1.97. The van der Waals surface area contributed by atoms with Gasteiger partial charge in [-0.1, -0.05) is 0 Å². The lowest BCUT2D eigenvalue weighted by Gasteiger charge is -2.03. The van der Waals surface area contributed by atoms with Crippen LogP contribution in [0.4, 0.5) is 5.69 Å². The second-order valence-corrected chi connectivity index (χ2v) is 3.20. The molecular weight excluding hydrogens is 156 g/mol. The van der Waals surface area contributed by atoms with Gasteiger partial charge in [0.25, 0.3) is 0 Å². The monoisotopic (exact) mass is 166 g/mol. The number of thiophene rings is 1. The molecule has 3 heteroatoms. The molecule has 1 N–H and O–H groups in total. The van der Waals surface area contributed by atoms with Crippen molar-refractivity contribution in [3.05, 3.63) is 16.8 Å². The number of nitriles is 1. The topological polar surface area (TPSA) is 35.8 Å². The average Bonchev–Trinajstić information content (AvgIpc) is 2.52. The summed E-state index contributed by atoms with van der Waals surface area (Å²) in [6.07, 6.45) is 0. The Bertz CT molecular complexity index is 235. The van der Waals surface area contributed by atoms with Gasteiger partial charge in [0.15, 0.2) is 0 Å². The third-order valence-corrected chi connectivity index (χ3v) is 2.04. The van der Waals surface area contributed by atoms with Gasteiger partial charge in [-0.3, -0.25) is 0 Å². The van der Waals surface area contributed by atoms with Crippen molar-refractivity contribution in [1.29, 1.82) is 5.26 Å². The van der Waals surface area contributed by atoms with Gasteiger partial charge in [-0.05, 0) is 18.4 Å². The van der Waals surface area contributed by atoms with E-state index in [0.29, 0.717) is 0 Å². The summed E-state index contributed by atoms with van der Waals surface area (Å²) in [5.41, 5.74) is 1.11. The van der Waals surface area contributed by atoms with Crippen LogP contribution < -0.4 is 5.32 Å². The first-order chi connectivity index (χ1) is 5.33. The fourth-order valence-corrected chi connectivity index (χ4v) is 1.29. The summed E-state index contributed by atoms with van der Waals surface area (Å²) in [5.74, 6) is 0.0786. The van der Waals surface area contributed by atoms with E-state index in [1.54, 1.807) is 11.3 Å². The van der Waals surface area contributed by atoms with Crippen LogP contribution in [-0.4, -0.2) is 6.54 Å². The minimum absolute atomic E-state index is 0.0786. The number of hydrogen-bond acceptors (Lipinski definition) is 3. The van der Waals surface area contributed by atoms with Gasteiger partial charge in [-0.2, -0.15) is 16.6 Å². The predicted molar refractivity (Wildman–Crippen MR) is 47.6 cm³/mol. The van der Waals surface area contributed by atoms with Gasteiger partial charge in [-0.25, -0.2) is 0 Å². The molecule has 58 valence electrons. The minimum atomic E-state index is 0.0786. The van der Waals surface area contributed by atoms with Crippen LogP contribution >= 0.6 is 11.3 Å². The lowest BCUT2D eigenvalue weighted by molar-refractivity contribution is 0.786. The molecule has 0 aliphatic heterocycles. The van der Waals surface area contributed by atoms with E-state index in [1.165, 1.54) is 0 Å². The van der Waals surface area contributed by atoms with Gasteiger partial charge in [0.1, 0.15) is 0 Å². The Hall–Kier alpha value is -1.01. The highest BCUT2D eigenvalue weighted by molar-refractivity contribution is 7.08. The Balaban J connectivity index is 2.30. The van der Waals surface area contributed by atoms with Crippen LogP contribution in [0.1, 0.15) is 6.92 Å². The molecule has 1 heterocycles. The summed E-state index contributed by atoms with van der Waals surface area (Å²) in [4.78, 5) is 0. The highest BCUT2D eigenvalue weighted by atomic mass is 32.1. The van der Waals surface area contributed by atoms with E-state index in [-0.39, 0.29) is 5.92 Å². The van der Waals surface area contributed by atoms with Crippen molar-refractivity contribution >= 4 is 17.0 Å². The van der Waals surface area contributed by atoms with E-state index >= 15 is 0 Å². The van der Waals surface area contributed by atoms with E-state index in [1.807, 2.05) is 23.8 Å². The van der Waals surface area contributed by atoms with Crippen LogP contribution in [-0.2, 0) is 0 Å². The van der Waals surface area contributed by atoms with Crippen molar-refractivity contribution in [3.63, 3.8) is 0 Å². The third-order valence-electron chi connectivity index (χ3n) is 1.35. The third kappa shape index (κ3) is 2.60. The van der Waals surface area contributed by atoms with Crippen LogP contribution in [0.3, 0.4) is 0 Å². The molecule has 0 aliphatic rings. The van der Waals surface area contributed by atoms with Gasteiger partial charge in [-0.15, -0.1) is 0 Å². The van der Waals surface area contributed by atoms with Crippen LogP contribution in [0.15, 0.2) is 16.8 Å². The van der Waals surface area contributed by atoms with Crippen molar-refractivity contribution in [1.82, 2.24) is 0 Å². The molecule has 1 unspecified atom stereocenters. The van der Waals surface area contributed by atoms with Gasteiger partial charge in [0.2, 0.25) is 0 Å². The predicted octanol–water partition coefficient (Wildman–Crippen LogP) is 2.32. The maximum Gasteiger partial charge on any atom is 0.0671 e. The molecule has 2 nitrogen and oxygen atoms in total. The van der Waals surface area contributed by atoms with Gasteiger partial charge >= 0.3 is 0 Å². The summed E-state index contributed by atoms with van der Waals surface area (Å²) in [7, 11) is 0. The van der Waals surface area contributed by atoms with Crippen molar-refractivity contribution in [3.8, 4) is 6.07 Å². The maximum absolute atomic E-state index is 8.48. The molecule has 0 radical (unpaired) electrons. The van der Waals surface area contributed by atoms with Crippen molar-refractivity contribution in [2.75, 3.05) is 11.9 Å². The van der Waals surface area contributed by atoms with E-state index in [0.717, 1.165) is 12.2 Å². The fraction of sp³-hybridized carbons (Fsp3) is 0.375.